The lowest BCUT2D eigenvalue weighted by molar-refractivity contribution is -0.703. The van der Waals surface area contributed by atoms with Gasteiger partial charge in [0.2, 0.25) is 0 Å². The van der Waals surface area contributed by atoms with E-state index in [2.05, 4.69) is 42.8 Å². The van der Waals surface area contributed by atoms with Gasteiger partial charge in [-0.05, 0) is 25.5 Å². The number of aromatic nitrogens is 1. The van der Waals surface area contributed by atoms with Crippen molar-refractivity contribution in [1.82, 2.24) is 0 Å². The zero-order valence-electron chi connectivity index (χ0n) is 19.0. The Morgan fingerprint density at radius 1 is 0.767 bits per heavy atom. The summed E-state index contributed by atoms with van der Waals surface area (Å²) in [5.41, 5.74) is 2.30. The number of benzene rings is 1. The molecule has 168 valence electrons. The average Bonchev–Trinajstić information content (AvgIpc) is 2.71. The fourth-order valence-corrected chi connectivity index (χ4v) is 3.76. The normalized spacial score (nSPS) is 11.1. The van der Waals surface area contributed by atoms with Crippen LogP contribution in [0.5, 0.6) is 0 Å². The molecule has 0 saturated carbocycles. The van der Waals surface area contributed by atoms with Gasteiger partial charge in [0.05, 0.1) is 4.90 Å². The quantitative estimate of drug-likeness (QED) is 0.231. The highest BCUT2D eigenvalue weighted by Gasteiger charge is 2.03. The molecule has 0 unspecified atom stereocenters. The van der Waals surface area contributed by atoms with Crippen LogP contribution in [0.4, 0.5) is 0 Å². The van der Waals surface area contributed by atoms with E-state index in [0.29, 0.717) is 0 Å². The Bertz CT molecular complexity index is 801. The Kier molecular flexibility index (Phi) is 13.3. The summed E-state index contributed by atoms with van der Waals surface area (Å²) in [6.07, 6.45) is 16.3. The maximum absolute atomic E-state index is 10.4. The molecule has 4 nitrogen and oxygen atoms in total. The molecule has 0 aliphatic carbocycles. The third-order valence-corrected chi connectivity index (χ3v) is 6.08. The van der Waals surface area contributed by atoms with E-state index in [0.717, 1.165) is 5.56 Å². The summed E-state index contributed by atoms with van der Waals surface area (Å²) in [6.45, 7) is 7.48. The second-order valence-corrected chi connectivity index (χ2v) is 9.36. The molecule has 0 atom stereocenters. The van der Waals surface area contributed by atoms with Crippen LogP contribution in [0.2, 0.25) is 0 Å². The lowest BCUT2D eigenvalue weighted by atomic mass is 10.1. The maximum Gasteiger partial charge on any atom is 0.178 e. The van der Waals surface area contributed by atoms with E-state index >= 15 is 0 Å². The van der Waals surface area contributed by atoms with Crippen molar-refractivity contribution in [2.24, 2.45) is 0 Å². The van der Waals surface area contributed by atoms with Gasteiger partial charge in [-0.1, -0.05) is 82.1 Å². The molecular weight excluding hydrogens is 394 g/mol. The Labute approximate surface area is 184 Å². The third kappa shape index (κ3) is 12.1. The summed E-state index contributed by atoms with van der Waals surface area (Å²) in [5.74, 6) is 0. The Morgan fingerprint density at radius 2 is 1.30 bits per heavy atom. The lowest BCUT2D eigenvalue weighted by Crippen LogP contribution is -2.36. The number of nitrogens with zero attached hydrogens (tertiary/aromatic N) is 1. The number of pyridine rings is 1. The molecule has 1 aromatic carbocycles. The van der Waals surface area contributed by atoms with E-state index in [9.17, 15) is 13.0 Å². The first-order valence-corrected chi connectivity index (χ1v) is 12.7. The predicted octanol–water partition coefficient (Wildman–Crippen LogP) is 6.10. The van der Waals surface area contributed by atoms with Crippen molar-refractivity contribution in [2.45, 2.75) is 96.4 Å². The van der Waals surface area contributed by atoms with Crippen LogP contribution in [0.1, 0.15) is 82.4 Å². The first kappa shape index (κ1) is 26.3. The molecule has 1 aromatic heterocycles. The largest absolute Gasteiger partial charge is 0.744 e. The molecule has 0 amide bonds. The monoisotopic (exact) mass is 433 g/mol. The van der Waals surface area contributed by atoms with Crippen LogP contribution in [0.25, 0.3) is 0 Å². The lowest BCUT2D eigenvalue weighted by Gasteiger charge is -2.05. The van der Waals surface area contributed by atoms with Crippen molar-refractivity contribution in [3.63, 3.8) is 0 Å². The molecule has 0 aliphatic heterocycles. The van der Waals surface area contributed by atoms with Crippen molar-refractivity contribution in [1.29, 1.82) is 0 Å². The molecule has 0 aliphatic rings. The van der Waals surface area contributed by atoms with E-state index < -0.39 is 10.1 Å². The summed E-state index contributed by atoms with van der Waals surface area (Å²) in [4.78, 5) is -0.178. The van der Waals surface area contributed by atoms with Crippen LogP contribution in [0, 0.1) is 13.8 Å². The van der Waals surface area contributed by atoms with Crippen LogP contribution < -0.4 is 4.57 Å². The first-order chi connectivity index (χ1) is 14.3. The molecule has 2 rings (SSSR count). The highest BCUT2D eigenvalue weighted by molar-refractivity contribution is 7.85. The number of hydrogen-bond donors (Lipinski definition) is 0. The van der Waals surface area contributed by atoms with Crippen molar-refractivity contribution >= 4 is 10.1 Å². The van der Waals surface area contributed by atoms with E-state index in [1.54, 1.807) is 12.1 Å². The van der Waals surface area contributed by atoms with Crippen LogP contribution in [0.15, 0.2) is 53.6 Å². The van der Waals surface area contributed by atoms with Crippen molar-refractivity contribution in [3.05, 3.63) is 59.9 Å². The Hall–Kier alpha value is -1.72. The zero-order chi connectivity index (χ0) is 22.2. The van der Waals surface area contributed by atoms with Crippen molar-refractivity contribution < 1.29 is 17.5 Å². The number of hydrogen-bond acceptors (Lipinski definition) is 3. The van der Waals surface area contributed by atoms with Crippen molar-refractivity contribution in [3.8, 4) is 0 Å². The topological polar surface area (TPSA) is 61.1 Å². The zero-order valence-corrected chi connectivity index (χ0v) is 19.8. The Morgan fingerprint density at radius 3 is 1.80 bits per heavy atom. The smallest absolute Gasteiger partial charge is 0.178 e. The van der Waals surface area contributed by atoms with E-state index in [-0.39, 0.29) is 4.90 Å². The SMILES string of the molecule is CCCCCCCCCCCC[n+]1ccccc1C.Cc1ccc(S(=O)(=O)[O-])cc1. The summed E-state index contributed by atoms with van der Waals surface area (Å²) in [7, 11) is -4.27. The highest BCUT2D eigenvalue weighted by Crippen LogP contribution is 2.10. The number of aryl methyl sites for hydroxylation is 3. The molecule has 0 radical (unpaired) electrons. The van der Waals surface area contributed by atoms with Gasteiger partial charge < -0.3 is 4.55 Å². The summed E-state index contributed by atoms with van der Waals surface area (Å²) < 4.78 is 33.5. The average molecular weight is 434 g/mol. The van der Waals surface area contributed by atoms with Gasteiger partial charge in [0.25, 0.3) is 0 Å². The molecular formula is C25H39NO3S. The van der Waals surface area contributed by atoms with Gasteiger partial charge in [-0.2, -0.15) is 0 Å². The molecule has 0 N–H and O–H groups in total. The standard InChI is InChI=1S/C18H32N.C7H8O3S/c1-3-4-5-6-7-8-9-10-11-13-16-19-17-14-12-15-18(19)2;1-6-2-4-7(5-3-6)11(8,9)10/h12,14-15,17H,3-11,13,16H2,1-2H3;2-5H,1H3,(H,8,9,10)/q+1;/p-1. The maximum atomic E-state index is 10.4. The Balaban J connectivity index is 0.000000346. The van der Waals surface area contributed by atoms with Gasteiger partial charge >= 0.3 is 0 Å². The van der Waals surface area contributed by atoms with E-state index in [4.69, 9.17) is 0 Å². The molecule has 1 heterocycles. The minimum atomic E-state index is -4.27. The highest BCUT2D eigenvalue weighted by atomic mass is 32.2. The van der Waals surface area contributed by atoms with Crippen LogP contribution in [0.3, 0.4) is 0 Å². The second-order valence-electron chi connectivity index (χ2n) is 7.98. The van der Waals surface area contributed by atoms with Crippen LogP contribution in [-0.2, 0) is 16.7 Å². The third-order valence-electron chi connectivity index (χ3n) is 5.23. The fourth-order valence-electron chi connectivity index (χ4n) is 3.29. The molecule has 0 spiro atoms. The fraction of sp³-hybridized carbons (Fsp3) is 0.560. The van der Waals surface area contributed by atoms with Gasteiger partial charge in [-0.3, -0.25) is 0 Å². The summed E-state index contributed by atoms with van der Waals surface area (Å²) in [6, 6.07) is 12.2. The summed E-state index contributed by atoms with van der Waals surface area (Å²) in [5, 5.41) is 0. The minimum Gasteiger partial charge on any atom is -0.744 e. The molecule has 0 bridgehead atoms. The number of rotatable bonds is 12. The molecule has 2 aromatic rings. The van der Waals surface area contributed by atoms with Crippen LogP contribution >= 0.6 is 0 Å². The van der Waals surface area contributed by atoms with Crippen molar-refractivity contribution in [2.75, 3.05) is 0 Å². The van der Waals surface area contributed by atoms with Gasteiger partial charge in [0.1, 0.15) is 16.7 Å². The minimum absolute atomic E-state index is 0.178. The van der Waals surface area contributed by atoms with E-state index in [1.165, 1.54) is 88.6 Å². The predicted molar refractivity (Wildman–Crippen MR) is 122 cm³/mol. The molecule has 5 heteroatoms. The molecule has 0 fully saturated rings. The number of unbranched alkanes of at least 4 members (excludes halogenated alkanes) is 9. The van der Waals surface area contributed by atoms with Gasteiger partial charge in [-0.15, -0.1) is 0 Å². The molecule has 30 heavy (non-hydrogen) atoms. The van der Waals surface area contributed by atoms with Gasteiger partial charge in [0, 0.05) is 25.5 Å². The van der Waals surface area contributed by atoms with Gasteiger partial charge in [-0.25, -0.2) is 13.0 Å². The first-order valence-electron chi connectivity index (χ1n) is 11.3. The van der Waals surface area contributed by atoms with E-state index in [1.807, 2.05) is 6.92 Å². The molecule has 0 saturated heterocycles. The second kappa shape index (κ2) is 15.1. The van der Waals surface area contributed by atoms with Gasteiger partial charge in [0.15, 0.2) is 11.9 Å². The summed E-state index contributed by atoms with van der Waals surface area (Å²) >= 11 is 0. The van der Waals surface area contributed by atoms with Crippen LogP contribution in [-0.4, -0.2) is 13.0 Å².